The van der Waals surface area contributed by atoms with E-state index in [9.17, 15) is 13.2 Å². The summed E-state index contributed by atoms with van der Waals surface area (Å²) in [5.74, 6) is 4.73. The summed E-state index contributed by atoms with van der Waals surface area (Å²) in [4.78, 5) is 0. The normalized spacial score (nSPS) is 11.8. The molecular formula is C11H9F3N8S. The molecule has 0 aliphatic rings. The lowest BCUT2D eigenvalue weighted by molar-refractivity contribution is -0.146. The molecule has 0 amide bonds. The quantitative estimate of drug-likeness (QED) is 0.563. The summed E-state index contributed by atoms with van der Waals surface area (Å²) in [5.41, 5.74) is 0.735. The van der Waals surface area contributed by atoms with E-state index in [0.29, 0.717) is 10.5 Å². The molecule has 120 valence electrons. The molecule has 0 saturated heterocycles. The highest BCUT2D eigenvalue weighted by atomic mass is 32.2. The Morgan fingerprint density at radius 3 is 2.48 bits per heavy atom. The summed E-state index contributed by atoms with van der Waals surface area (Å²) in [6, 6.07) is 9.09. The molecule has 0 fully saturated rings. The largest absolute Gasteiger partial charge is 0.453 e. The standard InChI is InChI=1S/C11H9F3N8S/c12-11(13,14)9-17-18-10(21(9)15)23-6-8-16-19-20-22(8)7-4-2-1-3-5-7/h1-5H,6,15H2. The minimum Gasteiger partial charge on any atom is -0.335 e. The first-order valence-corrected chi connectivity index (χ1v) is 7.18. The Balaban J connectivity index is 1.78. The van der Waals surface area contributed by atoms with Gasteiger partial charge in [-0.25, -0.2) is 4.68 Å². The van der Waals surface area contributed by atoms with Crippen LogP contribution >= 0.6 is 11.8 Å². The monoisotopic (exact) mass is 342 g/mol. The number of rotatable bonds is 4. The lowest BCUT2D eigenvalue weighted by atomic mass is 10.3. The first-order valence-electron chi connectivity index (χ1n) is 6.20. The summed E-state index contributed by atoms with van der Waals surface area (Å²) in [7, 11) is 0. The fourth-order valence-corrected chi connectivity index (χ4v) is 2.53. The molecule has 0 atom stereocenters. The van der Waals surface area contributed by atoms with Crippen LogP contribution in [0.5, 0.6) is 0 Å². The molecule has 3 aromatic rings. The predicted octanol–water partition coefficient (Wildman–Crippen LogP) is 1.28. The molecule has 2 aromatic heterocycles. The highest BCUT2D eigenvalue weighted by Gasteiger charge is 2.38. The number of aromatic nitrogens is 7. The van der Waals surface area contributed by atoms with Crippen LogP contribution in [0, 0.1) is 0 Å². The molecule has 0 saturated carbocycles. The van der Waals surface area contributed by atoms with Crippen molar-refractivity contribution < 1.29 is 13.2 Å². The van der Waals surface area contributed by atoms with E-state index in [1.54, 1.807) is 12.1 Å². The van der Waals surface area contributed by atoms with Crippen molar-refractivity contribution in [1.82, 2.24) is 35.1 Å². The minimum absolute atomic E-state index is 0.0834. The number of hydrogen-bond donors (Lipinski definition) is 1. The van der Waals surface area contributed by atoms with Gasteiger partial charge >= 0.3 is 6.18 Å². The van der Waals surface area contributed by atoms with Crippen LogP contribution in [0.25, 0.3) is 5.69 Å². The molecule has 2 heterocycles. The third-order valence-electron chi connectivity index (χ3n) is 2.78. The smallest absolute Gasteiger partial charge is 0.335 e. The molecule has 0 aliphatic heterocycles. The second-order valence-electron chi connectivity index (χ2n) is 4.31. The number of nitrogen functional groups attached to an aromatic ring is 1. The maximum Gasteiger partial charge on any atom is 0.453 e. The Labute approximate surface area is 131 Å². The highest BCUT2D eigenvalue weighted by Crippen LogP contribution is 2.29. The first kappa shape index (κ1) is 15.3. The van der Waals surface area contributed by atoms with Crippen molar-refractivity contribution in [2.75, 3.05) is 5.84 Å². The van der Waals surface area contributed by atoms with Crippen LogP contribution in [0.1, 0.15) is 11.6 Å². The van der Waals surface area contributed by atoms with Crippen LogP contribution in [-0.2, 0) is 11.9 Å². The van der Waals surface area contributed by atoms with E-state index in [-0.39, 0.29) is 10.9 Å². The summed E-state index contributed by atoms with van der Waals surface area (Å²) in [5, 5.41) is 17.7. The maximum absolute atomic E-state index is 12.6. The second-order valence-corrected chi connectivity index (χ2v) is 5.25. The van der Waals surface area contributed by atoms with E-state index in [2.05, 4.69) is 25.7 Å². The Kier molecular flexibility index (Phi) is 3.90. The van der Waals surface area contributed by atoms with E-state index < -0.39 is 12.0 Å². The number of nitrogens with zero attached hydrogens (tertiary/aromatic N) is 7. The molecule has 12 heteroatoms. The SMILES string of the molecule is Nn1c(SCc2nnnn2-c2ccccc2)nnc1C(F)(F)F. The van der Waals surface area contributed by atoms with Gasteiger partial charge < -0.3 is 5.84 Å². The number of thioether (sulfide) groups is 1. The van der Waals surface area contributed by atoms with Gasteiger partial charge in [0, 0.05) is 0 Å². The lowest BCUT2D eigenvalue weighted by Gasteiger charge is -2.06. The Morgan fingerprint density at radius 2 is 1.83 bits per heavy atom. The van der Waals surface area contributed by atoms with Gasteiger partial charge in [0.2, 0.25) is 5.16 Å². The molecule has 0 aliphatic carbocycles. The number of benzene rings is 1. The Bertz CT molecular complexity index is 797. The number of halogens is 3. The zero-order chi connectivity index (χ0) is 16.4. The number of tetrazole rings is 1. The van der Waals surface area contributed by atoms with E-state index >= 15 is 0 Å². The van der Waals surface area contributed by atoms with Crippen molar-refractivity contribution >= 4 is 11.8 Å². The Morgan fingerprint density at radius 1 is 1.09 bits per heavy atom. The second kappa shape index (κ2) is 5.87. The molecule has 0 unspecified atom stereocenters. The molecule has 8 nitrogen and oxygen atoms in total. The number of para-hydroxylation sites is 1. The van der Waals surface area contributed by atoms with Crippen LogP contribution in [-0.4, -0.2) is 35.1 Å². The predicted molar refractivity (Wildman–Crippen MR) is 73.9 cm³/mol. The molecule has 0 radical (unpaired) electrons. The highest BCUT2D eigenvalue weighted by molar-refractivity contribution is 7.98. The minimum atomic E-state index is -4.66. The van der Waals surface area contributed by atoms with Gasteiger partial charge in [0.15, 0.2) is 5.82 Å². The molecule has 23 heavy (non-hydrogen) atoms. The Hall–Kier alpha value is -2.63. The van der Waals surface area contributed by atoms with E-state index in [4.69, 9.17) is 5.84 Å². The third kappa shape index (κ3) is 3.11. The van der Waals surface area contributed by atoms with Crippen molar-refractivity contribution in [2.45, 2.75) is 17.1 Å². The summed E-state index contributed by atoms with van der Waals surface area (Å²) < 4.78 is 39.7. The third-order valence-corrected chi connectivity index (χ3v) is 3.72. The van der Waals surface area contributed by atoms with E-state index in [1.165, 1.54) is 4.68 Å². The average molecular weight is 342 g/mol. The van der Waals surface area contributed by atoms with E-state index in [1.807, 2.05) is 18.2 Å². The number of nitrogens with two attached hydrogens (primary N) is 1. The lowest BCUT2D eigenvalue weighted by Crippen LogP contribution is -2.21. The first-order chi connectivity index (χ1) is 11.0. The fraction of sp³-hybridized carbons (Fsp3) is 0.182. The summed E-state index contributed by atoms with van der Waals surface area (Å²) in [6.45, 7) is 0. The zero-order valence-corrected chi connectivity index (χ0v) is 12.2. The van der Waals surface area contributed by atoms with Crippen molar-refractivity contribution in [1.29, 1.82) is 0 Å². The van der Waals surface area contributed by atoms with Gasteiger partial charge in [0.05, 0.1) is 11.4 Å². The van der Waals surface area contributed by atoms with Crippen molar-refractivity contribution in [3.63, 3.8) is 0 Å². The van der Waals surface area contributed by atoms with Gasteiger partial charge in [-0.15, -0.1) is 15.3 Å². The van der Waals surface area contributed by atoms with Gasteiger partial charge in [-0.05, 0) is 22.6 Å². The van der Waals surface area contributed by atoms with Crippen molar-refractivity contribution in [3.05, 3.63) is 42.0 Å². The molecule has 0 bridgehead atoms. The van der Waals surface area contributed by atoms with Crippen molar-refractivity contribution in [3.8, 4) is 5.69 Å². The van der Waals surface area contributed by atoms with Gasteiger partial charge in [-0.1, -0.05) is 30.0 Å². The topological polar surface area (TPSA) is 100 Å². The molecule has 2 N–H and O–H groups in total. The van der Waals surface area contributed by atoms with Gasteiger partial charge in [-0.3, -0.25) is 0 Å². The van der Waals surface area contributed by atoms with Crippen LogP contribution in [0.15, 0.2) is 35.5 Å². The summed E-state index contributed by atoms with van der Waals surface area (Å²) >= 11 is 0.952. The fourth-order valence-electron chi connectivity index (χ4n) is 1.76. The van der Waals surface area contributed by atoms with Gasteiger partial charge in [0.25, 0.3) is 5.82 Å². The van der Waals surface area contributed by atoms with Crippen LogP contribution < -0.4 is 5.84 Å². The average Bonchev–Trinajstić information content (AvgIpc) is 3.12. The molecular weight excluding hydrogens is 333 g/mol. The van der Waals surface area contributed by atoms with E-state index in [0.717, 1.165) is 17.4 Å². The number of hydrogen-bond acceptors (Lipinski definition) is 7. The van der Waals surface area contributed by atoms with Crippen LogP contribution in [0.4, 0.5) is 13.2 Å². The molecule has 3 rings (SSSR count). The van der Waals surface area contributed by atoms with Gasteiger partial charge in [0.1, 0.15) is 0 Å². The van der Waals surface area contributed by atoms with Crippen molar-refractivity contribution in [2.24, 2.45) is 0 Å². The maximum atomic E-state index is 12.6. The molecule has 0 spiro atoms. The van der Waals surface area contributed by atoms with Crippen LogP contribution in [0.3, 0.4) is 0 Å². The van der Waals surface area contributed by atoms with Gasteiger partial charge in [-0.2, -0.15) is 17.9 Å². The molecule has 1 aromatic carbocycles. The number of alkyl halides is 3. The van der Waals surface area contributed by atoms with Crippen LogP contribution in [0.2, 0.25) is 0 Å². The summed E-state index contributed by atoms with van der Waals surface area (Å²) in [6.07, 6.45) is -4.66. The zero-order valence-electron chi connectivity index (χ0n) is 11.3.